The van der Waals surface area contributed by atoms with Crippen molar-refractivity contribution in [2.75, 3.05) is 6.54 Å². The summed E-state index contributed by atoms with van der Waals surface area (Å²) in [5.74, 6) is -0.366. The molecule has 0 heterocycles. The summed E-state index contributed by atoms with van der Waals surface area (Å²) >= 11 is 0. The van der Waals surface area contributed by atoms with Gasteiger partial charge in [-0.1, -0.05) is 52.9 Å². The van der Waals surface area contributed by atoms with Crippen molar-refractivity contribution < 1.29 is 9.90 Å². The number of unbranched alkanes of at least 4 members (excludes halogenated alkanes) is 3. The van der Waals surface area contributed by atoms with E-state index >= 15 is 0 Å². The predicted octanol–water partition coefficient (Wildman–Crippen LogP) is 2.59. The van der Waals surface area contributed by atoms with Crippen LogP contribution in [0.2, 0.25) is 0 Å². The SMILES string of the molecule is CCCCCC(NCC(O)CCCC)C(CC)C(N)=O. The Bertz CT molecular complexity index is 247. The van der Waals surface area contributed by atoms with Crippen LogP contribution in [-0.2, 0) is 4.79 Å². The number of carbonyl (C=O) groups excluding carboxylic acids is 1. The number of hydrogen-bond acceptors (Lipinski definition) is 3. The number of primary amides is 1. The van der Waals surface area contributed by atoms with Crippen LogP contribution < -0.4 is 11.1 Å². The van der Waals surface area contributed by atoms with Gasteiger partial charge in [-0.2, -0.15) is 0 Å². The summed E-state index contributed by atoms with van der Waals surface area (Å²) in [6.07, 6.45) is 7.77. The molecule has 0 aliphatic heterocycles. The fourth-order valence-corrected chi connectivity index (χ4v) is 2.57. The Kier molecular flexibility index (Phi) is 11.8. The van der Waals surface area contributed by atoms with Gasteiger partial charge in [0.25, 0.3) is 0 Å². The summed E-state index contributed by atoms with van der Waals surface area (Å²) in [4.78, 5) is 11.5. The molecule has 0 saturated heterocycles. The first-order valence-electron chi connectivity index (χ1n) is 8.27. The van der Waals surface area contributed by atoms with Gasteiger partial charge in [0.2, 0.25) is 5.91 Å². The number of aliphatic hydroxyl groups is 1. The maximum Gasteiger partial charge on any atom is 0.222 e. The van der Waals surface area contributed by atoms with E-state index in [0.29, 0.717) is 6.54 Å². The smallest absolute Gasteiger partial charge is 0.222 e. The number of hydrogen-bond donors (Lipinski definition) is 3. The monoisotopic (exact) mass is 286 g/mol. The minimum Gasteiger partial charge on any atom is -0.392 e. The Hall–Kier alpha value is -0.610. The quantitative estimate of drug-likeness (QED) is 0.456. The zero-order chi connectivity index (χ0) is 15.4. The van der Waals surface area contributed by atoms with Crippen molar-refractivity contribution in [2.45, 2.75) is 84.3 Å². The van der Waals surface area contributed by atoms with Crippen LogP contribution in [0.25, 0.3) is 0 Å². The van der Waals surface area contributed by atoms with Crippen LogP contribution in [-0.4, -0.2) is 29.7 Å². The van der Waals surface area contributed by atoms with E-state index in [4.69, 9.17) is 5.73 Å². The Balaban J connectivity index is 4.32. The number of nitrogens with one attached hydrogen (secondary N) is 1. The Labute approximate surface area is 124 Å². The van der Waals surface area contributed by atoms with Gasteiger partial charge >= 0.3 is 0 Å². The lowest BCUT2D eigenvalue weighted by atomic mass is 9.91. The largest absolute Gasteiger partial charge is 0.392 e. The van der Waals surface area contributed by atoms with Crippen molar-refractivity contribution in [1.82, 2.24) is 5.32 Å². The second-order valence-electron chi connectivity index (χ2n) is 5.72. The molecule has 0 rings (SSSR count). The number of carbonyl (C=O) groups is 1. The third kappa shape index (κ3) is 8.54. The molecule has 3 atom stereocenters. The first-order valence-corrected chi connectivity index (χ1v) is 8.27. The van der Waals surface area contributed by atoms with Gasteiger partial charge in [-0.05, 0) is 19.3 Å². The van der Waals surface area contributed by atoms with Crippen molar-refractivity contribution in [1.29, 1.82) is 0 Å². The van der Waals surface area contributed by atoms with Crippen LogP contribution in [0, 0.1) is 5.92 Å². The normalized spacial score (nSPS) is 15.8. The second kappa shape index (κ2) is 12.2. The van der Waals surface area contributed by atoms with Crippen LogP contribution in [0.15, 0.2) is 0 Å². The zero-order valence-electron chi connectivity index (χ0n) is 13.5. The van der Waals surface area contributed by atoms with Crippen molar-refractivity contribution in [3.63, 3.8) is 0 Å². The molecule has 4 N–H and O–H groups in total. The molecule has 0 aromatic carbocycles. The van der Waals surface area contributed by atoms with Crippen molar-refractivity contribution in [3.8, 4) is 0 Å². The molecule has 0 spiro atoms. The summed E-state index contributed by atoms with van der Waals surface area (Å²) in [6.45, 7) is 6.84. The van der Waals surface area contributed by atoms with Gasteiger partial charge in [-0.3, -0.25) is 4.79 Å². The van der Waals surface area contributed by atoms with Crippen molar-refractivity contribution >= 4 is 5.91 Å². The minimum absolute atomic E-state index is 0.0975. The van der Waals surface area contributed by atoms with Gasteiger partial charge in [0.05, 0.1) is 12.0 Å². The zero-order valence-corrected chi connectivity index (χ0v) is 13.5. The van der Waals surface area contributed by atoms with Crippen molar-refractivity contribution in [2.24, 2.45) is 11.7 Å². The molecular formula is C16H34N2O2. The number of rotatable bonds is 13. The molecule has 0 aliphatic carbocycles. The van der Waals surface area contributed by atoms with E-state index in [9.17, 15) is 9.90 Å². The van der Waals surface area contributed by atoms with Crippen LogP contribution in [0.4, 0.5) is 0 Å². The highest BCUT2D eigenvalue weighted by molar-refractivity contribution is 5.77. The summed E-state index contributed by atoms with van der Waals surface area (Å²) in [6, 6.07) is 0.0975. The van der Waals surface area contributed by atoms with E-state index in [-0.39, 0.29) is 24.0 Å². The maximum absolute atomic E-state index is 11.5. The molecule has 0 radical (unpaired) electrons. The molecule has 0 aromatic rings. The standard InChI is InChI=1S/C16H34N2O2/c1-4-7-9-11-15(14(6-3)16(17)20)18-12-13(19)10-8-5-2/h13-15,18-19H,4-12H2,1-3H3,(H2,17,20). The average molecular weight is 286 g/mol. The number of amides is 1. The molecule has 1 amide bonds. The maximum atomic E-state index is 11.5. The average Bonchev–Trinajstić information content (AvgIpc) is 2.42. The molecule has 0 saturated carbocycles. The molecule has 0 fully saturated rings. The van der Waals surface area contributed by atoms with Gasteiger partial charge in [0, 0.05) is 12.6 Å². The van der Waals surface area contributed by atoms with Crippen LogP contribution >= 0.6 is 0 Å². The van der Waals surface area contributed by atoms with Gasteiger partial charge in [-0.15, -0.1) is 0 Å². The molecule has 20 heavy (non-hydrogen) atoms. The van der Waals surface area contributed by atoms with Gasteiger partial charge in [0.1, 0.15) is 0 Å². The third-order valence-electron chi connectivity index (χ3n) is 3.92. The van der Waals surface area contributed by atoms with E-state index in [1.54, 1.807) is 0 Å². The Morgan fingerprint density at radius 1 is 1.10 bits per heavy atom. The van der Waals surface area contributed by atoms with Gasteiger partial charge in [0.15, 0.2) is 0 Å². The minimum atomic E-state index is -0.325. The molecule has 0 aliphatic rings. The highest BCUT2D eigenvalue weighted by atomic mass is 16.3. The lowest BCUT2D eigenvalue weighted by molar-refractivity contribution is -0.122. The van der Waals surface area contributed by atoms with Crippen LogP contribution in [0.3, 0.4) is 0 Å². The topological polar surface area (TPSA) is 75.3 Å². The third-order valence-corrected chi connectivity index (χ3v) is 3.92. The van der Waals surface area contributed by atoms with E-state index in [1.165, 1.54) is 12.8 Å². The Morgan fingerprint density at radius 3 is 2.25 bits per heavy atom. The highest BCUT2D eigenvalue weighted by Crippen LogP contribution is 2.15. The molecule has 4 heteroatoms. The molecule has 3 unspecified atom stereocenters. The van der Waals surface area contributed by atoms with E-state index in [2.05, 4.69) is 19.2 Å². The lowest BCUT2D eigenvalue weighted by Gasteiger charge is -2.26. The molecule has 4 nitrogen and oxygen atoms in total. The van der Waals surface area contributed by atoms with E-state index in [0.717, 1.165) is 38.5 Å². The second-order valence-corrected chi connectivity index (χ2v) is 5.72. The fourth-order valence-electron chi connectivity index (χ4n) is 2.57. The van der Waals surface area contributed by atoms with Gasteiger partial charge in [-0.25, -0.2) is 0 Å². The fraction of sp³-hybridized carbons (Fsp3) is 0.938. The van der Waals surface area contributed by atoms with Crippen molar-refractivity contribution in [3.05, 3.63) is 0 Å². The van der Waals surface area contributed by atoms with Crippen LogP contribution in [0.5, 0.6) is 0 Å². The Morgan fingerprint density at radius 2 is 1.75 bits per heavy atom. The van der Waals surface area contributed by atoms with E-state index < -0.39 is 0 Å². The summed E-state index contributed by atoms with van der Waals surface area (Å²) in [5.41, 5.74) is 5.50. The van der Waals surface area contributed by atoms with Crippen LogP contribution in [0.1, 0.15) is 72.1 Å². The number of aliphatic hydroxyl groups excluding tert-OH is 1. The van der Waals surface area contributed by atoms with E-state index in [1.807, 2.05) is 6.92 Å². The van der Waals surface area contributed by atoms with Gasteiger partial charge < -0.3 is 16.2 Å². The summed E-state index contributed by atoms with van der Waals surface area (Å²) in [7, 11) is 0. The lowest BCUT2D eigenvalue weighted by Crippen LogP contribution is -2.45. The summed E-state index contributed by atoms with van der Waals surface area (Å²) in [5, 5.41) is 13.3. The highest BCUT2D eigenvalue weighted by Gasteiger charge is 2.24. The predicted molar refractivity (Wildman–Crippen MR) is 84.4 cm³/mol. The first-order chi connectivity index (χ1) is 9.56. The molecule has 0 bridgehead atoms. The number of nitrogens with two attached hydrogens (primary N) is 1. The molecular weight excluding hydrogens is 252 g/mol. The first kappa shape index (κ1) is 19.4. The summed E-state index contributed by atoms with van der Waals surface area (Å²) < 4.78 is 0. The molecule has 0 aromatic heterocycles. The molecule has 120 valence electrons.